The fourth-order valence-electron chi connectivity index (χ4n) is 3.25. The molecular formula is C17H21Cl2N3O. The molecule has 1 aliphatic carbocycles. The van der Waals surface area contributed by atoms with E-state index in [0.29, 0.717) is 41.0 Å². The number of hydrogen-bond donors (Lipinski definition) is 1. The molecule has 0 bridgehead atoms. The van der Waals surface area contributed by atoms with Crippen molar-refractivity contribution in [3.05, 3.63) is 34.2 Å². The van der Waals surface area contributed by atoms with Crippen molar-refractivity contribution in [1.82, 2.24) is 14.7 Å². The average molecular weight is 354 g/mol. The quantitative estimate of drug-likeness (QED) is 0.872. The Balaban J connectivity index is 1.50. The number of fused-ring (bicyclic) bond motifs is 1. The van der Waals surface area contributed by atoms with Gasteiger partial charge < -0.3 is 9.72 Å². The highest BCUT2D eigenvalue weighted by Crippen LogP contribution is 2.26. The summed E-state index contributed by atoms with van der Waals surface area (Å²) in [7, 11) is 0. The van der Waals surface area contributed by atoms with Crippen LogP contribution >= 0.6 is 23.2 Å². The molecule has 0 radical (unpaired) electrons. The van der Waals surface area contributed by atoms with Crippen LogP contribution in [-0.2, 0) is 11.2 Å². The van der Waals surface area contributed by atoms with Gasteiger partial charge in [-0.05, 0) is 24.8 Å². The van der Waals surface area contributed by atoms with Gasteiger partial charge in [-0.1, -0.05) is 42.5 Å². The normalized spacial score (nSPS) is 15.9. The van der Waals surface area contributed by atoms with Crippen LogP contribution in [0.3, 0.4) is 0 Å². The zero-order chi connectivity index (χ0) is 16.2. The minimum atomic E-state index is 0.154. The lowest BCUT2D eigenvalue weighted by molar-refractivity contribution is -0.122. The van der Waals surface area contributed by atoms with Gasteiger partial charge in [0.15, 0.2) is 5.65 Å². The smallest absolute Gasteiger partial charge is 0.220 e. The number of aromatic nitrogens is 2. The summed E-state index contributed by atoms with van der Waals surface area (Å²) >= 11 is 12.1. The second kappa shape index (κ2) is 7.54. The standard InChI is InChI=1S/C17H21Cl2N3O/c18-13-9-15(19)17-21-14(11-22(17)10-13)6-7-20-16(23)8-12-4-2-1-3-5-12/h9-12H,1-8H2,(H,20,23). The summed E-state index contributed by atoms with van der Waals surface area (Å²) < 4.78 is 1.82. The molecule has 1 saturated carbocycles. The Kier molecular flexibility index (Phi) is 5.44. The van der Waals surface area contributed by atoms with E-state index in [9.17, 15) is 4.79 Å². The van der Waals surface area contributed by atoms with Gasteiger partial charge >= 0.3 is 0 Å². The van der Waals surface area contributed by atoms with Crippen LogP contribution in [0.25, 0.3) is 5.65 Å². The van der Waals surface area contributed by atoms with Crippen LogP contribution in [-0.4, -0.2) is 21.8 Å². The predicted molar refractivity (Wildman–Crippen MR) is 93.1 cm³/mol. The lowest BCUT2D eigenvalue weighted by atomic mass is 9.87. The highest BCUT2D eigenvalue weighted by atomic mass is 35.5. The molecule has 23 heavy (non-hydrogen) atoms. The molecule has 6 heteroatoms. The molecule has 2 aromatic rings. The van der Waals surface area contributed by atoms with Crippen LogP contribution in [0.1, 0.15) is 44.2 Å². The predicted octanol–water partition coefficient (Wildman–Crippen LogP) is 4.27. The van der Waals surface area contributed by atoms with Crippen molar-refractivity contribution in [2.24, 2.45) is 5.92 Å². The lowest BCUT2D eigenvalue weighted by Crippen LogP contribution is -2.28. The maximum atomic E-state index is 12.0. The number of amides is 1. The molecule has 124 valence electrons. The van der Waals surface area contributed by atoms with Crippen LogP contribution in [0.4, 0.5) is 0 Å². The van der Waals surface area contributed by atoms with E-state index in [0.717, 1.165) is 5.69 Å². The van der Waals surface area contributed by atoms with Gasteiger partial charge in [-0.3, -0.25) is 4.79 Å². The summed E-state index contributed by atoms with van der Waals surface area (Å²) in [6.45, 7) is 0.598. The van der Waals surface area contributed by atoms with E-state index in [-0.39, 0.29) is 5.91 Å². The van der Waals surface area contributed by atoms with Crippen molar-refractivity contribution in [2.75, 3.05) is 6.54 Å². The largest absolute Gasteiger partial charge is 0.356 e. The third-order valence-corrected chi connectivity index (χ3v) is 4.91. The van der Waals surface area contributed by atoms with Gasteiger partial charge in [-0.25, -0.2) is 4.98 Å². The first-order chi connectivity index (χ1) is 11.1. The highest BCUT2D eigenvalue weighted by Gasteiger charge is 2.16. The molecule has 2 aromatic heterocycles. The number of carbonyl (C=O) groups is 1. The van der Waals surface area contributed by atoms with Gasteiger partial charge in [0.2, 0.25) is 5.91 Å². The van der Waals surface area contributed by atoms with E-state index in [4.69, 9.17) is 23.2 Å². The maximum absolute atomic E-state index is 12.0. The molecular weight excluding hydrogens is 333 g/mol. The van der Waals surface area contributed by atoms with Gasteiger partial charge in [0, 0.05) is 31.8 Å². The number of nitrogens with zero attached hydrogens (tertiary/aromatic N) is 2. The topological polar surface area (TPSA) is 46.4 Å². The Labute approximate surface area is 146 Å². The summed E-state index contributed by atoms with van der Waals surface area (Å²) in [5.74, 6) is 0.724. The number of nitrogens with one attached hydrogen (secondary N) is 1. The number of halogens is 2. The number of hydrogen-bond acceptors (Lipinski definition) is 2. The van der Waals surface area contributed by atoms with Gasteiger partial charge in [-0.2, -0.15) is 0 Å². The molecule has 4 nitrogen and oxygen atoms in total. The molecule has 0 saturated heterocycles. The fraction of sp³-hybridized carbons (Fsp3) is 0.529. The van der Waals surface area contributed by atoms with Crippen LogP contribution in [0.2, 0.25) is 10.0 Å². The first-order valence-electron chi connectivity index (χ1n) is 8.21. The van der Waals surface area contributed by atoms with Crippen molar-refractivity contribution in [2.45, 2.75) is 44.9 Å². The number of imidazole rings is 1. The second-order valence-electron chi connectivity index (χ2n) is 6.28. The van der Waals surface area contributed by atoms with Gasteiger partial charge in [0.25, 0.3) is 0 Å². The molecule has 2 heterocycles. The molecule has 0 atom stereocenters. The molecule has 0 aromatic carbocycles. The third-order valence-electron chi connectivity index (χ3n) is 4.42. The molecule has 0 unspecified atom stereocenters. The maximum Gasteiger partial charge on any atom is 0.220 e. The summed E-state index contributed by atoms with van der Waals surface area (Å²) in [4.78, 5) is 16.5. The molecule has 1 N–H and O–H groups in total. The SMILES string of the molecule is O=C(CC1CCCCC1)NCCc1cn2cc(Cl)cc(Cl)c2n1. The minimum absolute atomic E-state index is 0.154. The summed E-state index contributed by atoms with van der Waals surface area (Å²) in [6.07, 6.45) is 11.3. The lowest BCUT2D eigenvalue weighted by Gasteiger charge is -2.20. The summed E-state index contributed by atoms with van der Waals surface area (Å²) in [5.41, 5.74) is 1.59. The molecule has 3 rings (SSSR count). The Hall–Kier alpha value is -1.26. The molecule has 1 fully saturated rings. The van der Waals surface area contributed by atoms with E-state index >= 15 is 0 Å². The van der Waals surface area contributed by atoms with Crippen molar-refractivity contribution in [3.8, 4) is 0 Å². The van der Waals surface area contributed by atoms with Crippen LogP contribution in [0.15, 0.2) is 18.5 Å². The number of rotatable bonds is 5. The zero-order valence-corrected chi connectivity index (χ0v) is 14.5. The van der Waals surface area contributed by atoms with Crippen molar-refractivity contribution in [3.63, 3.8) is 0 Å². The Morgan fingerprint density at radius 2 is 2.04 bits per heavy atom. The molecule has 1 aliphatic rings. The summed E-state index contributed by atoms with van der Waals surface area (Å²) in [5, 5.41) is 4.11. The average Bonchev–Trinajstić information content (AvgIpc) is 2.91. The minimum Gasteiger partial charge on any atom is -0.356 e. The van der Waals surface area contributed by atoms with Gasteiger partial charge in [0.05, 0.1) is 15.7 Å². The molecule has 0 aliphatic heterocycles. The fourth-order valence-corrected chi connectivity index (χ4v) is 3.78. The first kappa shape index (κ1) is 16.6. The Morgan fingerprint density at radius 3 is 2.83 bits per heavy atom. The van der Waals surface area contributed by atoms with Gasteiger partial charge in [-0.15, -0.1) is 0 Å². The van der Waals surface area contributed by atoms with Crippen molar-refractivity contribution < 1.29 is 4.79 Å². The number of carbonyl (C=O) groups excluding carboxylic acids is 1. The number of pyridine rings is 1. The second-order valence-corrected chi connectivity index (χ2v) is 7.12. The molecule has 1 amide bonds. The monoisotopic (exact) mass is 353 g/mol. The van der Waals surface area contributed by atoms with Crippen LogP contribution in [0, 0.1) is 5.92 Å². The Morgan fingerprint density at radius 1 is 1.26 bits per heavy atom. The van der Waals surface area contributed by atoms with E-state index < -0.39 is 0 Å². The van der Waals surface area contributed by atoms with E-state index in [2.05, 4.69) is 10.3 Å². The van der Waals surface area contributed by atoms with Gasteiger partial charge in [0.1, 0.15) is 0 Å². The zero-order valence-electron chi connectivity index (χ0n) is 13.0. The highest BCUT2D eigenvalue weighted by molar-refractivity contribution is 6.36. The molecule has 0 spiro atoms. The third kappa shape index (κ3) is 4.39. The first-order valence-corrected chi connectivity index (χ1v) is 8.97. The van der Waals surface area contributed by atoms with Crippen LogP contribution in [0.5, 0.6) is 0 Å². The van der Waals surface area contributed by atoms with Crippen molar-refractivity contribution >= 4 is 34.8 Å². The Bertz CT molecular complexity index is 692. The van der Waals surface area contributed by atoms with E-state index in [1.54, 1.807) is 12.3 Å². The van der Waals surface area contributed by atoms with E-state index in [1.165, 1.54) is 32.1 Å². The van der Waals surface area contributed by atoms with E-state index in [1.807, 2.05) is 10.6 Å². The van der Waals surface area contributed by atoms with Crippen LogP contribution < -0.4 is 5.32 Å². The van der Waals surface area contributed by atoms with Crippen molar-refractivity contribution in [1.29, 1.82) is 0 Å². The summed E-state index contributed by atoms with van der Waals surface area (Å²) in [6, 6.07) is 1.68.